The highest BCUT2D eigenvalue weighted by atomic mass is 32.1. The molecule has 0 bridgehead atoms. The van der Waals surface area contributed by atoms with Crippen molar-refractivity contribution in [2.45, 2.75) is 26.3 Å². The van der Waals surface area contributed by atoms with Gasteiger partial charge >= 0.3 is 0 Å². The second-order valence-electron chi connectivity index (χ2n) is 10.8. The van der Waals surface area contributed by atoms with E-state index in [9.17, 15) is 19.7 Å². The smallest absolute Gasteiger partial charge is 0.268 e. The van der Waals surface area contributed by atoms with Gasteiger partial charge in [0.1, 0.15) is 0 Å². The van der Waals surface area contributed by atoms with E-state index in [1.807, 2.05) is 36.4 Å². The molecule has 216 valence electrons. The van der Waals surface area contributed by atoms with Crippen molar-refractivity contribution < 1.29 is 14.5 Å². The average Bonchev–Trinajstić information content (AvgIpc) is 3.76. The van der Waals surface area contributed by atoms with Gasteiger partial charge in [-0.1, -0.05) is 54.1 Å². The Morgan fingerprint density at radius 2 is 1.61 bits per heavy atom. The summed E-state index contributed by atoms with van der Waals surface area (Å²) in [6, 6.07) is 26.6. The lowest BCUT2D eigenvalue weighted by Crippen LogP contribution is -2.29. The summed E-state index contributed by atoms with van der Waals surface area (Å²) in [6.45, 7) is 4.09. The van der Waals surface area contributed by atoms with Crippen LogP contribution in [0.15, 0.2) is 101 Å². The van der Waals surface area contributed by atoms with Gasteiger partial charge in [0, 0.05) is 35.1 Å². The molecule has 1 atom stereocenters. The maximum absolute atomic E-state index is 13.1. The maximum atomic E-state index is 13.1. The maximum Gasteiger partial charge on any atom is 0.269 e. The van der Waals surface area contributed by atoms with Crippen LogP contribution in [0.4, 0.5) is 16.5 Å². The fourth-order valence-electron chi connectivity index (χ4n) is 5.73. The standard InChI is InChI=1S/C34H25N5O4S/c1-20-13-14-21(2)28(15-20)29-18-31(23-8-6-10-25(17-23)39(42)43)38(36-29)34-35-30(19-44-34)22-7-5-9-24(16-22)37-32(40)26-11-3-4-12-27(26)33(37)41/h3-17,19,31H,18H2,1-2H3. The molecule has 4 aromatic carbocycles. The first kappa shape index (κ1) is 27.4. The number of non-ortho nitro benzene ring substituents is 1. The number of thiazole rings is 1. The summed E-state index contributed by atoms with van der Waals surface area (Å²) in [5.74, 6) is -0.709. The van der Waals surface area contributed by atoms with Crippen LogP contribution in [0, 0.1) is 24.0 Å². The lowest BCUT2D eigenvalue weighted by Gasteiger charge is -2.21. The Hall–Kier alpha value is -5.48. The van der Waals surface area contributed by atoms with E-state index in [2.05, 4.69) is 18.2 Å². The molecule has 0 saturated heterocycles. The monoisotopic (exact) mass is 599 g/mol. The molecule has 5 aromatic rings. The molecular formula is C34H25N5O4S. The SMILES string of the molecule is Cc1ccc(C)c(C2=NN(c3nc(-c4cccc(N5C(=O)c6ccccc6C5=O)c4)cs3)C(c3cccc([N+](=O)[O-])c3)C2)c1. The number of hydrogen-bond donors (Lipinski definition) is 0. The van der Waals surface area contributed by atoms with E-state index in [-0.39, 0.29) is 23.5 Å². The van der Waals surface area contributed by atoms with E-state index in [0.29, 0.717) is 34.1 Å². The van der Waals surface area contributed by atoms with Crippen LogP contribution in [-0.4, -0.2) is 27.4 Å². The number of amides is 2. The Labute approximate surface area is 256 Å². The molecule has 1 unspecified atom stereocenters. The number of imide groups is 1. The van der Waals surface area contributed by atoms with Crippen LogP contribution >= 0.6 is 11.3 Å². The Morgan fingerprint density at radius 3 is 2.36 bits per heavy atom. The van der Waals surface area contributed by atoms with Gasteiger partial charge in [0.15, 0.2) is 0 Å². The van der Waals surface area contributed by atoms with Gasteiger partial charge in [-0.25, -0.2) is 14.9 Å². The third-order valence-corrected chi connectivity index (χ3v) is 8.79. The largest absolute Gasteiger partial charge is 0.269 e. The van der Waals surface area contributed by atoms with Crippen molar-refractivity contribution in [1.82, 2.24) is 4.98 Å². The highest BCUT2D eigenvalue weighted by Crippen LogP contribution is 2.41. The number of benzene rings is 4. The van der Waals surface area contributed by atoms with Crippen molar-refractivity contribution >= 4 is 45.4 Å². The number of carbonyl (C=O) groups excluding carboxylic acids is 2. The van der Waals surface area contributed by atoms with Gasteiger partial charge in [-0.15, -0.1) is 11.3 Å². The molecule has 3 heterocycles. The van der Waals surface area contributed by atoms with Gasteiger partial charge in [-0.3, -0.25) is 19.7 Å². The normalized spacial score (nSPS) is 16.0. The molecule has 0 saturated carbocycles. The van der Waals surface area contributed by atoms with Gasteiger partial charge in [-0.2, -0.15) is 5.10 Å². The molecule has 44 heavy (non-hydrogen) atoms. The number of hydrazone groups is 1. The van der Waals surface area contributed by atoms with E-state index in [0.717, 1.165) is 33.5 Å². The van der Waals surface area contributed by atoms with E-state index >= 15 is 0 Å². The Bertz CT molecular complexity index is 2000. The van der Waals surface area contributed by atoms with Crippen LogP contribution in [0.1, 0.15) is 55.4 Å². The average molecular weight is 600 g/mol. The quantitative estimate of drug-likeness (QED) is 0.114. The van der Waals surface area contributed by atoms with Gasteiger partial charge in [0.25, 0.3) is 17.5 Å². The van der Waals surface area contributed by atoms with E-state index in [4.69, 9.17) is 10.1 Å². The number of nitrogens with zero attached hydrogens (tertiary/aromatic N) is 5. The van der Waals surface area contributed by atoms with Crippen molar-refractivity contribution in [3.63, 3.8) is 0 Å². The van der Waals surface area contributed by atoms with Gasteiger partial charge in [0.05, 0.1) is 39.2 Å². The summed E-state index contributed by atoms with van der Waals surface area (Å²) in [5.41, 5.74) is 7.57. The van der Waals surface area contributed by atoms with Crippen LogP contribution in [0.5, 0.6) is 0 Å². The van der Waals surface area contributed by atoms with E-state index in [1.165, 1.54) is 22.3 Å². The third kappa shape index (κ3) is 4.65. The molecule has 1 aromatic heterocycles. The fourth-order valence-corrected chi connectivity index (χ4v) is 6.56. The minimum Gasteiger partial charge on any atom is -0.268 e. The van der Waals surface area contributed by atoms with Gasteiger partial charge in [-0.05, 0) is 55.3 Å². The number of rotatable bonds is 6. The molecule has 2 aliphatic rings. The van der Waals surface area contributed by atoms with Crippen molar-refractivity contribution in [2.24, 2.45) is 5.10 Å². The van der Waals surface area contributed by atoms with E-state index in [1.54, 1.807) is 54.6 Å². The zero-order chi connectivity index (χ0) is 30.5. The fraction of sp³-hybridized carbons (Fsp3) is 0.118. The number of nitro groups is 1. The molecule has 0 aliphatic carbocycles. The van der Waals surface area contributed by atoms with Crippen molar-refractivity contribution in [3.8, 4) is 11.3 Å². The minimum atomic E-state index is -0.391. The summed E-state index contributed by atoms with van der Waals surface area (Å²) in [5, 5.41) is 21.0. The first-order valence-corrected chi connectivity index (χ1v) is 14.9. The Balaban J connectivity index is 1.25. The second-order valence-corrected chi connectivity index (χ2v) is 11.7. The van der Waals surface area contributed by atoms with Gasteiger partial charge < -0.3 is 0 Å². The second kappa shape index (κ2) is 10.7. The molecule has 0 spiro atoms. The first-order valence-electron chi connectivity index (χ1n) is 14.0. The van der Waals surface area contributed by atoms with Crippen molar-refractivity contribution in [3.05, 3.63) is 140 Å². The van der Waals surface area contributed by atoms with Crippen LogP contribution in [-0.2, 0) is 0 Å². The van der Waals surface area contributed by atoms with Crippen LogP contribution in [0.3, 0.4) is 0 Å². The molecule has 10 heteroatoms. The lowest BCUT2D eigenvalue weighted by molar-refractivity contribution is -0.384. The van der Waals surface area contributed by atoms with Crippen molar-refractivity contribution in [2.75, 3.05) is 9.91 Å². The number of anilines is 2. The zero-order valence-corrected chi connectivity index (χ0v) is 24.6. The number of fused-ring (bicyclic) bond motifs is 1. The summed E-state index contributed by atoms with van der Waals surface area (Å²) in [6.07, 6.45) is 0.551. The van der Waals surface area contributed by atoms with Gasteiger partial charge in [0.2, 0.25) is 5.13 Å². The summed E-state index contributed by atoms with van der Waals surface area (Å²) < 4.78 is 0. The molecule has 7 rings (SSSR count). The topological polar surface area (TPSA) is 109 Å². The zero-order valence-electron chi connectivity index (χ0n) is 23.8. The lowest BCUT2D eigenvalue weighted by atomic mass is 9.95. The highest BCUT2D eigenvalue weighted by Gasteiger charge is 2.37. The molecule has 9 nitrogen and oxygen atoms in total. The Kier molecular flexibility index (Phi) is 6.63. The molecule has 0 fully saturated rings. The first-order chi connectivity index (χ1) is 21.3. The van der Waals surface area contributed by atoms with Crippen LogP contribution in [0.25, 0.3) is 11.3 Å². The molecule has 2 amide bonds. The molecule has 2 aliphatic heterocycles. The highest BCUT2D eigenvalue weighted by molar-refractivity contribution is 7.14. The number of aromatic nitrogens is 1. The summed E-state index contributed by atoms with van der Waals surface area (Å²) >= 11 is 1.41. The number of nitro benzene ring substituents is 1. The predicted octanol–water partition coefficient (Wildman–Crippen LogP) is 7.49. The van der Waals surface area contributed by atoms with Crippen LogP contribution < -0.4 is 9.91 Å². The molecule has 0 radical (unpaired) electrons. The van der Waals surface area contributed by atoms with E-state index < -0.39 is 4.92 Å². The minimum absolute atomic E-state index is 0.0208. The third-order valence-electron chi connectivity index (χ3n) is 7.96. The number of hydrogen-bond acceptors (Lipinski definition) is 8. The van der Waals surface area contributed by atoms with Crippen molar-refractivity contribution in [1.29, 1.82) is 0 Å². The number of carbonyl (C=O) groups is 2. The molecule has 0 N–H and O–H groups in total. The predicted molar refractivity (Wildman–Crippen MR) is 171 cm³/mol. The van der Waals surface area contributed by atoms with Crippen LogP contribution in [0.2, 0.25) is 0 Å². The number of aryl methyl sites for hydroxylation is 2. The summed E-state index contributed by atoms with van der Waals surface area (Å²) in [7, 11) is 0. The molecular weight excluding hydrogens is 574 g/mol. The summed E-state index contributed by atoms with van der Waals surface area (Å²) in [4.78, 5) is 43.5. The Morgan fingerprint density at radius 1 is 0.864 bits per heavy atom.